The summed E-state index contributed by atoms with van der Waals surface area (Å²) >= 11 is 0. The smallest absolute Gasteiger partial charge is 0.113 e. The lowest BCUT2D eigenvalue weighted by Gasteiger charge is -2.40. The lowest BCUT2D eigenvalue weighted by molar-refractivity contribution is 0.226. The minimum absolute atomic E-state index is 0.289. The normalized spacial score (nSPS) is 27.3. The lowest BCUT2D eigenvalue weighted by Crippen LogP contribution is -2.43. The van der Waals surface area contributed by atoms with Crippen LogP contribution in [0.5, 0.6) is 0 Å². The van der Waals surface area contributed by atoms with Crippen LogP contribution in [0.3, 0.4) is 0 Å². The number of hydrogen-bond acceptors (Lipinski definition) is 3. The highest BCUT2D eigenvalue weighted by Crippen LogP contribution is 2.42. The molecule has 1 atom stereocenters. The second-order valence-electron chi connectivity index (χ2n) is 6.10. The first-order valence-electron chi connectivity index (χ1n) is 7.12. The average Bonchev–Trinajstić information content (AvgIpc) is 2.92. The third-order valence-corrected chi connectivity index (χ3v) is 4.75. The summed E-state index contributed by atoms with van der Waals surface area (Å²) < 4.78 is 0. The van der Waals surface area contributed by atoms with Crippen molar-refractivity contribution in [1.29, 1.82) is 0 Å². The van der Waals surface area contributed by atoms with Gasteiger partial charge in [-0.1, -0.05) is 6.42 Å². The van der Waals surface area contributed by atoms with Crippen LogP contribution in [0.2, 0.25) is 0 Å². The van der Waals surface area contributed by atoms with Crippen molar-refractivity contribution < 1.29 is 0 Å². The van der Waals surface area contributed by atoms with E-state index in [0.29, 0.717) is 5.92 Å². The van der Waals surface area contributed by atoms with E-state index in [2.05, 4.69) is 33.4 Å². The van der Waals surface area contributed by atoms with Gasteiger partial charge in [-0.3, -0.25) is 0 Å². The molecule has 1 aromatic rings. The van der Waals surface area contributed by atoms with Crippen molar-refractivity contribution in [3.05, 3.63) is 17.7 Å². The van der Waals surface area contributed by atoms with Crippen LogP contribution < -0.4 is 5.32 Å². The number of H-pyrrole nitrogens is 1. The molecule has 1 aliphatic carbocycles. The molecule has 0 aromatic carbocycles. The summed E-state index contributed by atoms with van der Waals surface area (Å²) in [6.07, 6.45) is 7.21. The first-order chi connectivity index (χ1) is 8.73. The zero-order valence-corrected chi connectivity index (χ0v) is 11.5. The third-order valence-electron chi connectivity index (χ3n) is 4.75. The van der Waals surface area contributed by atoms with Crippen molar-refractivity contribution >= 4 is 0 Å². The Morgan fingerprint density at radius 3 is 2.94 bits per heavy atom. The van der Waals surface area contributed by atoms with Crippen LogP contribution in [-0.2, 0) is 5.41 Å². The van der Waals surface area contributed by atoms with Gasteiger partial charge in [-0.15, -0.1) is 0 Å². The average molecular weight is 248 g/mol. The van der Waals surface area contributed by atoms with Crippen LogP contribution in [0, 0.1) is 0 Å². The van der Waals surface area contributed by atoms with Gasteiger partial charge in [0.1, 0.15) is 5.82 Å². The van der Waals surface area contributed by atoms with E-state index in [0.717, 1.165) is 6.54 Å². The lowest BCUT2D eigenvalue weighted by atomic mass is 9.68. The molecule has 18 heavy (non-hydrogen) atoms. The van der Waals surface area contributed by atoms with E-state index >= 15 is 0 Å². The zero-order chi connectivity index (χ0) is 12.6. The Morgan fingerprint density at radius 2 is 2.39 bits per heavy atom. The van der Waals surface area contributed by atoms with Crippen LogP contribution >= 0.6 is 0 Å². The van der Waals surface area contributed by atoms with Crippen LogP contribution in [-0.4, -0.2) is 48.6 Å². The largest absolute Gasteiger partial charge is 0.345 e. The van der Waals surface area contributed by atoms with Gasteiger partial charge >= 0.3 is 0 Å². The van der Waals surface area contributed by atoms with Crippen LogP contribution in [0.15, 0.2) is 6.20 Å². The van der Waals surface area contributed by atoms with Crippen molar-refractivity contribution in [2.75, 3.05) is 33.7 Å². The first-order valence-corrected chi connectivity index (χ1v) is 7.12. The number of likely N-dealkylation sites (tertiary alicyclic amines) is 1. The fourth-order valence-electron chi connectivity index (χ4n) is 3.44. The molecule has 1 aliphatic heterocycles. The number of hydrogen-bond donors (Lipinski definition) is 2. The summed E-state index contributed by atoms with van der Waals surface area (Å²) in [4.78, 5) is 10.7. The van der Waals surface area contributed by atoms with Gasteiger partial charge in [0.05, 0.1) is 0 Å². The Hall–Kier alpha value is -0.870. The van der Waals surface area contributed by atoms with E-state index in [1.807, 2.05) is 7.05 Å². The molecule has 2 N–H and O–H groups in total. The molecule has 0 spiro atoms. The molecule has 0 radical (unpaired) electrons. The standard InChI is InChI=1S/C14H24N4/c1-15-10-14(5-3-6-14)13-16-8-12(17-13)11-4-7-18(2)9-11/h8,11,15H,3-7,9-10H2,1-2H3,(H,16,17). The quantitative estimate of drug-likeness (QED) is 0.848. The van der Waals surface area contributed by atoms with E-state index in [-0.39, 0.29) is 5.41 Å². The Kier molecular flexibility index (Phi) is 3.16. The molecule has 2 fully saturated rings. The molecule has 0 bridgehead atoms. The first kappa shape index (κ1) is 12.2. The van der Waals surface area contributed by atoms with Crippen LogP contribution in [0.1, 0.15) is 43.1 Å². The molecule has 0 amide bonds. The SMILES string of the molecule is CNCC1(c2ncc(C3CCN(C)C3)[nH]2)CCC1. The molecular weight excluding hydrogens is 224 g/mol. The minimum Gasteiger partial charge on any atom is -0.345 e. The van der Waals surface area contributed by atoms with Crippen LogP contribution in [0.4, 0.5) is 0 Å². The van der Waals surface area contributed by atoms with Gasteiger partial charge in [0, 0.05) is 36.3 Å². The maximum Gasteiger partial charge on any atom is 0.113 e. The molecule has 1 saturated heterocycles. The van der Waals surface area contributed by atoms with Gasteiger partial charge in [0.2, 0.25) is 0 Å². The van der Waals surface area contributed by atoms with Gasteiger partial charge < -0.3 is 15.2 Å². The van der Waals surface area contributed by atoms with Crippen molar-refractivity contribution in [2.24, 2.45) is 0 Å². The fraction of sp³-hybridized carbons (Fsp3) is 0.786. The maximum absolute atomic E-state index is 4.68. The predicted octanol–water partition coefficient (Wildman–Crippen LogP) is 1.47. The molecule has 100 valence electrons. The monoisotopic (exact) mass is 248 g/mol. The van der Waals surface area contributed by atoms with E-state index in [4.69, 9.17) is 0 Å². The molecule has 1 saturated carbocycles. The summed E-state index contributed by atoms with van der Waals surface area (Å²) in [5, 5.41) is 3.33. The molecule has 4 heteroatoms. The Morgan fingerprint density at radius 1 is 1.56 bits per heavy atom. The second kappa shape index (κ2) is 4.67. The maximum atomic E-state index is 4.68. The Labute approximate surface area is 109 Å². The van der Waals surface area contributed by atoms with Gasteiger partial charge in [-0.25, -0.2) is 4.98 Å². The molecule has 3 rings (SSSR count). The van der Waals surface area contributed by atoms with Gasteiger partial charge in [0.15, 0.2) is 0 Å². The highest BCUT2D eigenvalue weighted by molar-refractivity contribution is 5.19. The number of aromatic nitrogens is 2. The highest BCUT2D eigenvalue weighted by Gasteiger charge is 2.41. The van der Waals surface area contributed by atoms with E-state index in [1.165, 1.54) is 50.3 Å². The van der Waals surface area contributed by atoms with Gasteiger partial charge in [0.25, 0.3) is 0 Å². The number of nitrogens with one attached hydrogen (secondary N) is 2. The van der Waals surface area contributed by atoms with Crippen molar-refractivity contribution in [3.8, 4) is 0 Å². The third kappa shape index (κ3) is 1.97. The zero-order valence-electron chi connectivity index (χ0n) is 11.5. The fourth-order valence-corrected chi connectivity index (χ4v) is 3.44. The summed E-state index contributed by atoms with van der Waals surface area (Å²) in [7, 11) is 4.24. The van der Waals surface area contributed by atoms with Crippen molar-refractivity contribution in [2.45, 2.75) is 37.0 Å². The Balaban J connectivity index is 1.76. The summed E-state index contributed by atoms with van der Waals surface area (Å²) in [5.41, 5.74) is 1.63. The van der Waals surface area contributed by atoms with E-state index < -0.39 is 0 Å². The van der Waals surface area contributed by atoms with Gasteiger partial charge in [-0.05, 0) is 39.9 Å². The summed E-state index contributed by atoms with van der Waals surface area (Å²) in [5.74, 6) is 1.87. The van der Waals surface area contributed by atoms with Gasteiger partial charge in [-0.2, -0.15) is 0 Å². The molecule has 1 aromatic heterocycles. The molecule has 2 heterocycles. The molecule has 1 unspecified atom stereocenters. The predicted molar refractivity (Wildman–Crippen MR) is 72.9 cm³/mol. The Bertz CT molecular complexity index is 408. The van der Waals surface area contributed by atoms with Crippen molar-refractivity contribution in [1.82, 2.24) is 20.2 Å². The second-order valence-corrected chi connectivity index (χ2v) is 6.10. The molecule has 4 nitrogen and oxygen atoms in total. The number of rotatable bonds is 4. The minimum atomic E-state index is 0.289. The number of imidazole rings is 1. The number of aromatic amines is 1. The van der Waals surface area contributed by atoms with E-state index in [9.17, 15) is 0 Å². The summed E-state index contributed by atoms with van der Waals surface area (Å²) in [6, 6.07) is 0. The van der Waals surface area contributed by atoms with Crippen LogP contribution in [0.25, 0.3) is 0 Å². The van der Waals surface area contributed by atoms with Crippen molar-refractivity contribution in [3.63, 3.8) is 0 Å². The number of nitrogens with zero attached hydrogens (tertiary/aromatic N) is 2. The molecule has 2 aliphatic rings. The summed E-state index contributed by atoms with van der Waals surface area (Å²) in [6.45, 7) is 3.42. The van der Waals surface area contributed by atoms with E-state index in [1.54, 1.807) is 0 Å². The topological polar surface area (TPSA) is 44.0 Å². The highest BCUT2D eigenvalue weighted by atomic mass is 15.1. The molecular formula is C14H24N4. The number of likely N-dealkylation sites (N-methyl/N-ethyl adjacent to an activating group) is 2.